The van der Waals surface area contributed by atoms with Gasteiger partial charge in [-0.05, 0) is 60.4 Å². The first-order valence-electron chi connectivity index (χ1n) is 12.8. The van der Waals surface area contributed by atoms with Crippen molar-refractivity contribution in [1.82, 2.24) is 4.90 Å². The summed E-state index contributed by atoms with van der Waals surface area (Å²) in [7, 11) is 4.51. The first kappa shape index (κ1) is 26.2. The monoisotopic (exact) mass is 529 g/mol. The Bertz CT molecular complexity index is 1420. The fourth-order valence-electron chi connectivity index (χ4n) is 5.34. The van der Waals surface area contributed by atoms with Gasteiger partial charge >= 0.3 is 0 Å². The van der Waals surface area contributed by atoms with Gasteiger partial charge < -0.3 is 29.0 Å². The molecule has 0 unspecified atom stereocenters. The maximum atomic E-state index is 13.5. The lowest BCUT2D eigenvalue weighted by Gasteiger charge is -2.26. The standard InChI is InChI=1S/C31H31NO7/c1-18-14-21-15-20(10-11-23(21)39-18)28(33)26-27(22-16-24(36-2)30(38-4)25(17-22)37-3)32(31(35)29(26)34)13-12-19-8-6-5-7-9-19/h5-11,15-18,27,33H,12-14H2,1-4H3/b28-26+/t18-,27+/m1/s1. The molecule has 3 aromatic rings. The van der Waals surface area contributed by atoms with E-state index in [1.54, 1.807) is 24.3 Å². The lowest BCUT2D eigenvalue weighted by molar-refractivity contribution is -0.139. The van der Waals surface area contributed by atoms with E-state index in [2.05, 4.69) is 0 Å². The molecule has 5 rings (SSSR count). The van der Waals surface area contributed by atoms with Gasteiger partial charge in [-0.3, -0.25) is 9.59 Å². The summed E-state index contributed by atoms with van der Waals surface area (Å²) in [5, 5.41) is 11.5. The minimum atomic E-state index is -0.870. The molecule has 2 aliphatic heterocycles. The second kappa shape index (κ2) is 10.7. The molecule has 0 spiro atoms. The minimum Gasteiger partial charge on any atom is -0.507 e. The number of Topliss-reactive ketones (excluding diaryl/α,β-unsaturated/α-hetero) is 1. The molecule has 39 heavy (non-hydrogen) atoms. The topological polar surface area (TPSA) is 94.5 Å². The van der Waals surface area contributed by atoms with Gasteiger partial charge in [-0.1, -0.05) is 30.3 Å². The number of carbonyl (C=O) groups excluding carboxylic acids is 2. The number of rotatable bonds is 8. The van der Waals surface area contributed by atoms with Crippen molar-refractivity contribution in [2.24, 2.45) is 0 Å². The number of nitrogens with zero attached hydrogens (tertiary/aromatic N) is 1. The molecule has 0 aromatic heterocycles. The Morgan fingerprint density at radius 3 is 2.31 bits per heavy atom. The molecule has 1 fully saturated rings. The van der Waals surface area contributed by atoms with E-state index < -0.39 is 17.7 Å². The molecule has 3 aromatic carbocycles. The first-order valence-corrected chi connectivity index (χ1v) is 12.8. The van der Waals surface area contributed by atoms with Crippen molar-refractivity contribution in [2.75, 3.05) is 27.9 Å². The number of ether oxygens (including phenoxy) is 4. The van der Waals surface area contributed by atoms with Gasteiger partial charge in [0.25, 0.3) is 11.7 Å². The summed E-state index contributed by atoms with van der Waals surface area (Å²) in [5.41, 5.74) is 2.97. The number of ketones is 1. The number of benzene rings is 3. The molecule has 2 aliphatic rings. The summed E-state index contributed by atoms with van der Waals surface area (Å²) >= 11 is 0. The van der Waals surface area contributed by atoms with Crippen LogP contribution in [0.15, 0.2) is 66.2 Å². The molecule has 0 saturated carbocycles. The molecule has 8 nitrogen and oxygen atoms in total. The maximum absolute atomic E-state index is 13.5. The third-order valence-electron chi connectivity index (χ3n) is 7.20. The van der Waals surface area contributed by atoms with Gasteiger partial charge in [-0.2, -0.15) is 0 Å². The molecule has 8 heteroatoms. The van der Waals surface area contributed by atoms with Gasteiger partial charge in [0.1, 0.15) is 17.6 Å². The summed E-state index contributed by atoms with van der Waals surface area (Å²) in [6, 6.07) is 17.6. The predicted octanol–water partition coefficient (Wildman–Crippen LogP) is 4.70. The second-order valence-electron chi connectivity index (χ2n) is 9.64. The van der Waals surface area contributed by atoms with E-state index in [0.717, 1.165) is 16.9 Å². The van der Waals surface area contributed by atoms with Crippen molar-refractivity contribution in [3.8, 4) is 23.0 Å². The Morgan fingerprint density at radius 2 is 1.67 bits per heavy atom. The summed E-state index contributed by atoms with van der Waals surface area (Å²) in [6.45, 7) is 2.24. The van der Waals surface area contributed by atoms with Crippen LogP contribution in [0, 0.1) is 0 Å². The van der Waals surface area contributed by atoms with Crippen molar-refractivity contribution < 1.29 is 33.6 Å². The van der Waals surface area contributed by atoms with E-state index in [0.29, 0.717) is 41.2 Å². The fourth-order valence-corrected chi connectivity index (χ4v) is 5.34. The van der Waals surface area contributed by atoms with Crippen molar-refractivity contribution in [2.45, 2.75) is 31.9 Å². The van der Waals surface area contributed by atoms with Crippen LogP contribution in [-0.4, -0.2) is 55.7 Å². The maximum Gasteiger partial charge on any atom is 0.295 e. The lowest BCUT2D eigenvalue weighted by Crippen LogP contribution is -2.31. The van der Waals surface area contributed by atoms with Crippen molar-refractivity contribution in [1.29, 1.82) is 0 Å². The van der Waals surface area contributed by atoms with Crippen LogP contribution in [0.2, 0.25) is 0 Å². The Balaban J connectivity index is 1.65. The molecule has 0 radical (unpaired) electrons. The first-order chi connectivity index (χ1) is 18.9. The Hall–Kier alpha value is -4.46. The summed E-state index contributed by atoms with van der Waals surface area (Å²) < 4.78 is 22.4. The molecule has 0 bridgehead atoms. The highest BCUT2D eigenvalue weighted by atomic mass is 16.5. The lowest BCUT2D eigenvalue weighted by atomic mass is 9.93. The van der Waals surface area contributed by atoms with E-state index in [4.69, 9.17) is 18.9 Å². The van der Waals surface area contributed by atoms with Gasteiger partial charge in [0.05, 0.1) is 32.9 Å². The van der Waals surface area contributed by atoms with Crippen molar-refractivity contribution >= 4 is 17.4 Å². The minimum absolute atomic E-state index is 0.00856. The normalized spacial score (nSPS) is 19.5. The number of hydrogen-bond acceptors (Lipinski definition) is 7. The van der Waals surface area contributed by atoms with Crippen LogP contribution in [0.3, 0.4) is 0 Å². The Labute approximate surface area is 227 Å². The van der Waals surface area contributed by atoms with Gasteiger partial charge in [0, 0.05) is 18.5 Å². The number of likely N-dealkylation sites (tertiary alicyclic amines) is 1. The van der Waals surface area contributed by atoms with Gasteiger partial charge in [0.2, 0.25) is 5.75 Å². The van der Waals surface area contributed by atoms with Crippen LogP contribution >= 0.6 is 0 Å². The van der Waals surface area contributed by atoms with Gasteiger partial charge in [0.15, 0.2) is 11.5 Å². The number of fused-ring (bicyclic) bond motifs is 1. The predicted molar refractivity (Wildman–Crippen MR) is 145 cm³/mol. The third kappa shape index (κ3) is 4.78. The van der Waals surface area contributed by atoms with E-state index in [-0.39, 0.29) is 24.0 Å². The highest BCUT2D eigenvalue weighted by molar-refractivity contribution is 6.46. The Morgan fingerprint density at radius 1 is 0.974 bits per heavy atom. The Kier molecular flexibility index (Phi) is 7.19. The molecule has 1 saturated heterocycles. The largest absolute Gasteiger partial charge is 0.507 e. The number of hydrogen-bond donors (Lipinski definition) is 1. The van der Waals surface area contributed by atoms with Gasteiger partial charge in [-0.25, -0.2) is 0 Å². The molecule has 2 atom stereocenters. The van der Waals surface area contributed by atoms with Crippen LogP contribution in [0.1, 0.15) is 35.2 Å². The summed E-state index contributed by atoms with van der Waals surface area (Å²) in [5.74, 6) is 0.236. The number of methoxy groups -OCH3 is 3. The SMILES string of the molecule is COc1cc([C@H]2/C(=C(\O)c3ccc4c(c3)C[C@@H](C)O4)C(=O)C(=O)N2CCc2ccccc2)cc(OC)c1OC. The van der Waals surface area contributed by atoms with Crippen LogP contribution < -0.4 is 18.9 Å². The average molecular weight is 530 g/mol. The van der Waals surface area contributed by atoms with Crippen LogP contribution in [0.5, 0.6) is 23.0 Å². The van der Waals surface area contributed by atoms with E-state index in [9.17, 15) is 14.7 Å². The molecule has 0 aliphatic carbocycles. The molecule has 2 heterocycles. The highest BCUT2D eigenvalue weighted by Gasteiger charge is 2.46. The molecular weight excluding hydrogens is 498 g/mol. The average Bonchev–Trinajstić information content (AvgIpc) is 3.46. The number of aliphatic hydroxyl groups is 1. The molecular formula is C31H31NO7. The number of carbonyl (C=O) groups is 2. The van der Waals surface area contributed by atoms with E-state index >= 15 is 0 Å². The van der Waals surface area contributed by atoms with Crippen LogP contribution in [0.4, 0.5) is 0 Å². The molecule has 1 N–H and O–H groups in total. The second-order valence-corrected chi connectivity index (χ2v) is 9.64. The summed E-state index contributed by atoms with van der Waals surface area (Å²) in [4.78, 5) is 28.5. The van der Waals surface area contributed by atoms with Gasteiger partial charge in [-0.15, -0.1) is 0 Å². The summed E-state index contributed by atoms with van der Waals surface area (Å²) in [6.07, 6.45) is 1.25. The molecule has 202 valence electrons. The van der Waals surface area contributed by atoms with Crippen molar-refractivity contribution in [3.05, 3.63) is 88.5 Å². The molecule has 1 amide bonds. The van der Waals surface area contributed by atoms with Crippen LogP contribution in [0.25, 0.3) is 5.76 Å². The van der Waals surface area contributed by atoms with Crippen LogP contribution in [-0.2, 0) is 22.4 Å². The quantitative estimate of drug-likeness (QED) is 0.257. The number of amides is 1. The zero-order valence-corrected chi connectivity index (χ0v) is 22.4. The zero-order chi connectivity index (χ0) is 27.7. The number of aliphatic hydroxyl groups excluding tert-OH is 1. The third-order valence-corrected chi connectivity index (χ3v) is 7.20. The van der Waals surface area contributed by atoms with E-state index in [1.165, 1.54) is 26.2 Å². The van der Waals surface area contributed by atoms with E-state index in [1.807, 2.05) is 43.3 Å². The fraction of sp³-hybridized carbons (Fsp3) is 0.290. The smallest absolute Gasteiger partial charge is 0.295 e. The highest BCUT2D eigenvalue weighted by Crippen LogP contribution is 2.46. The van der Waals surface area contributed by atoms with Crippen molar-refractivity contribution in [3.63, 3.8) is 0 Å². The zero-order valence-electron chi connectivity index (χ0n) is 22.4.